The number of esters is 1. The van der Waals surface area contributed by atoms with Crippen LogP contribution in [0.15, 0.2) is 60.4 Å². The Balaban J connectivity index is 1.41. The third-order valence-corrected chi connectivity index (χ3v) is 5.36. The van der Waals surface area contributed by atoms with Gasteiger partial charge in [-0.2, -0.15) is 0 Å². The number of carbonyl (C=O) groups excluding carboxylic acids is 2. The van der Waals surface area contributed by atoms with Crippen molar-refractivity contribution in [2.75, 3.05) is 6.79 Å². The highest BCUT2D eigenvalue weighted by Crippen LogP contribution is 2.38. The normalized spacial score (nSPS) is 15.6. The summed E-state index contributed by atoms with van der Waals surface area (Å²) in [5, 5.41) is 0.915. The van der Waals surface area contributed by atoms with E-state index in [1.807, 2.05) is 0 Å². The van der Waals surface area contributed by atoms with Crippen LogP contribution in [-0.4, -0.2) is 18.5 Å². The first-order valence-electron chi connectivity index (χ1n) is 9.57. The van der Waals surface area contributed by atoms with E-state index in [1.165, 1.54) is 18.2 Å². The van der Waals surface area contributed by atoms with Gasteiger partial charge in [0.1, 0.15) is 17.2 Å². The molecule has 2 aliphatic rings. The molecule has 0 saturated heterocycles. The summed E-state index contributed by atoms with van der Waals surface area (Å²) >= 11 is 12.1. The second kappa shape index (κ2) is 8.31. The number of ketones is 1. The molecule has 5 rings (SSSR count). The average Bonchev–Trinajstić information content (AvgIpc) is 3.08. The van der Waals surface area contributed by atoms with Crippen LogP contribution in [0.25, 0.3) is 6.08 Å². The number of halogens is 2. The molecule has 6 nitrogen and oxygen atoms in total. The Morgan fingerprint density at radius 3 is 2.75 bits per heavy atom. The van der Waals surface area contributed by atoms with E-state index >= 15 is 0 Å². The van der Waals surface area contributed by atoms with Gasteiger partial charge in [0.25, 0.3) is 0 Å². The molecule has 0 N–H and O–H groups in total. The topological polar surface area (TPSA) is 71.1 Å². The number of rotatable bonds is 3. The molecule has 32 heavy (non-hydrogen) atoms. The predicted octanol–water partition coefficient (Wildman–Crippen LogP) is 5.70. The summed E-state index contributed by atoms with van der Waals surface area (Å²) in [6.45, 7) is 0.476. The van der Waals surface area contributed by atoms with Crippen LogP contribution in [0.1, 0.15) is 31.8 Å². The van der Waals surface area contributed by atoms with Gasteiger partial charge in [-0.25, -0.2) is 4.79 Å². The Hall–Kier alpha value is -3.32. The summed E-state index contributed by atoms with van der Waals surface area (Å²) < 4.78 is 22.0. The Bertz CT molecular complexity index is 1300. The molecule has 0 fully saturated rings. The van der Waals surface area contributed by atoms with Gasteiger partial charge in [-0.3, -0.25) is 4.79 Å². The zero-order valence-corrected chi connectivity index (χ0v) is 17.9. The van der Waals surface area contributed by atoms with E-state index < -0.39 is 5.97 Å². The molecule has 0 aromatic heterocycles. The maximum Gasteiger partial charge on any atom is 0.343 e. The van der Waals surface area contributed by atoms with Gasteiger partial charge >= 0.3 is 5.97 Å². The van der Waals surface area contributed by atoms with Crippen LogP contribution in [-0.2, 0) is 11.3 Å². The van der Waals surface area contributed by atoms with Crippen molar-refractivity contribution in [3.63, 3.8) is 0 Å². The number of Topliss-reactive ketones (excluding diaryl/α,β-unsaturated/α-hetero) is 1. The zero-order chi connectivity index (χ0) is 22.2. The molecular weight excluding hydrogens is 455 g/mol. The quantitative estimate of drug-likeness (QED) is 0.279. The van der Waals surface area contributed by atoms with Crippen molar-refractivity contribution in [2.45, 2.75) is 6.61 Å². The molecule has 2 aliphatic heterocycles. The van der Waals surface area contributed by atoms with Crippen LogP contribution in [0, 0.1) is 0 Å². The number of carbonyl (C=O) groups is 2. The van der Waals surface area contributed by atoms with E-state index in [-0.39, 0.29) is 29.8 Å². The van der Waals surface area contributed by atoms with Crippen molar-refractivity contribution in [1.29, 1.82) is 0 Å². The SMILES string of the molecule is O=C(Oc1ccc2c(c1)O/C(=C\c1cc(Cl)cc3c1OCOC3)C2=O)c1cccc(Cl)c1. The summed E-state index contributed by atoms with van der Waals surface area (Å²) in [6.07, 6.45) is 1.58. The Morgan fingerprint density at radius 2 is 1.91 bits per heavy atom. The van der Waals surface area contributed by atoms with Crippen LogP contribution < -0.4 is 14.2 Å². The lowest BCUT2D eigenvalue weighted by atomic mass is 10.1. The molecule has 0 radical (unpaired) electrons. The van der Waals surface area contributed by atoms with Crippen molar-refractivity contribution < 1.29 is 28.5 Å². The average molecular weight is 469 g/mol. The van der Waals surface area contributed by atoms with Gasteiger partial charge in [0.2, 0.25) is 5.78 Å². The summed E-state index contributed by atoms with van der Waals surface area (Å²) in [4.78, 5) is 25.2. The Morgan fingerprint density at radius 1 is 1.03 bits per heavy atom. The fourth-order valence-corrected chi connectivity index (χ4v) is 3.91. The lowest BCUT2D eigenvalue weighted by Gasteiger charge is -2.20. The summed E-state index contributed by atoms with van der Waals surface area (Å²) in [5.74, 6) is 0.363. The molecule has 0 aliphatic carbocycles. The first-order chi connectivity index (χ1) is 15.5. The van der Waals surface area contributed by atoms with Gasteiger partial charge < -0.3 is 18.9 Å². The Labute approximate surface area is 192 Å². The maximum absolute atomic E-state index is 12.8. The minimum Gasteiger partial charge on any atom is -0.467 e. The molecule has 160 valence electrons. The van der Waals surface area contributed by atoms with Crippen molar-refractivity contribution in [1.82, 2.24) is 0 Å². The van der Waals surface area contributed by atoms with E-state index in [0.717, 1.165) is 5.56 Å². The van der Waals surface area contributed by atoms with Gasteiger partial charge in [-0.1, -0.05) is 29.3 Å². The monoisotopic (exact) mass is 468 g/mol. The molecule has 3 aromatic carbocycles. The molecule has 0 unspecified atom stereocenters. The highest BCUT2D eigenvalue weighted by Gasteiger charge is 2.29. The second-order valence-electron chi connectivity index (χ2n) is 7.09. The van der Waals surface area contributed by atoms with Gasteiger partial charge in [0.05, 0.1) is 17.7 Å². The number of ether oxygens (including phenoxy) is 4. The van der Waals surface area contributed by atoms with E-state index in [2.05, 4.69) is 0 Å². The maximum atomic E-state index is 12.8. The van der Waals surface area contributed by atoms with Crippen molar-refractivity contribution in [3.05, 3.63) is 92.7 Å². The molecular formula is C24H14Cl2O6. The number of hydrogen-bond acceptors (Lipinski definition) is 6. The molecule has 0 bridgehead atoms. The lowest BCUT2D eigenvalue weighted by molar-refractivity contribution is -0.0165. The zero-order valence-electron chi connectivity index (χ0n) is 16.4. The first kappa shape index (κ1) is 20.6. The van der Waals surface area contributed by atoms with E-state index in [4.69, 9.17) is 42.1 Å². The van der Waals surface area contributed by atoms with E-state index in [9.17, 15) is 9.59 Å². The third kappa shape index (κ3) is 3.96. The first-order valence-corrected chi connectivity index (χ1v) is 10.3. The summed E-state index contributed by atoms with van der Waals surface area (Å²) in [6, 6.07) is 14.5. The largest absolute Gasteiger partial charge is 0.467 e. The van der Waals surface area contributed by atoms with Gasteiger partial charge in [0.15, 0.2) is 12.6 Å². The standard InChI is InChI=1S/C24H14Cl2O6/c25-16-3-1-2-13(6-16)24(28)31-18-4-5-19-20(10-18)32-21(22(19)27)9-14-7-17(26)8-15-11-29-12-30-23(14)15/h1-10H,11-12H2/b21-9-. The Kier molecular flexibility index (Phi) is 5.35. The molecule has 2 heterocycles. The van der Waals surface area contributed by atoms with Gasteiger partial charge in [0, 0.05) is 27.2 Å². The van der Waals surface area contributed by atoms with Crippen LogP contribution >= 0.6 is 23.2 Å². The molecule has 0 spiro atoms. The number of allylic oxidation sites excluding steroid dienone is 1. The van der Waals surface area contributed by atoms with Crippen molar-refractivity contribution >= 4 is 41.0 Å². The molecule has 0 saturated carbocycles. The van der Waals surface area contributed by atoms with Gasteiger partial charge in [-0.05, 0) is 48.5 Å². The van der Waals surface area contributed by atoms with Crippen molar-refractivity contribution in [2.24, 2.45) is 0 Å². The smallest absolute Gasteiger partial charge is 0.343 e. The summed E-state index contributed by atoms with van der Waals surface area (Å²) in [7, 11) is 0. The highest BCUT2D eigenvalue weighted by atomic mass is 35.5. The van der Waals surface area contributed by atoms with Crippen molar-refractivity contribution in [3.8, 4) is 17.2 Å². The molecule has 0 atom stereocenters. The number of hydrogen-bond donors (Lipinski definition) is 0. The van der Waals surface area contributed by atoms with Crippen LogP contribution in [0.5, 0.6) is 17.2 Å². The predicted molar refractivity (Wildman–Crippen MR) is 118 cm³/mol. The van der Waals surface area contributed by atoms with Crippen LogP contribution in [0.2, 0.25) is 10.0 Å². The molecule has 0 amide bonds. The summed E-state index contributed by atoms with van der Waals surface area (Å²) in [5.41, 5.74) is 2.07. The minimum atomic E-state index is -0.572. The van der Waals surface area contributed by atoms with Crippen LogP contribution in [0.3, 0.4) is 0 Å². The fraction of sp³-hybridized carbons (Fsp3) is 0.0833. The number of benzene rings is 3. The van der Waals surface area contributed by atoms with Gasteiger partial charge in [-0.15, -0.1) is 0 Å². The minimum absolute atomic E-state index is 0.109. The molecule has 8 heteroatoms. The lowest BCUT2D eigenvalue weighted by Crippen LogP contribution is -2.12. The van der Waals surface area contributed by atoms with E-state index in [1.54, 1.807) is 42.5 Å². The van der Waals surface area contributed by atoms with Crippen LogP contribution in [0.4, 0.5) is 0 Å². The molecule has 3 aromatic rings. The highest BCUT2D eigenvalue weighted by molar-refractivity contribution is 6.31. The number of fused-ring (bicyclic) bond motifs is 2. The van der Waals surface area contributed by atoms with E-state index in [0.29, 0.717) is 39.1 Å². The fourth-order valence-electron chi connectivity index (χ4n) is 3.47. The second-order valence-corrected chi connectivity index (χ2v) is 7.96. The third-order valence-electron chi connectivity index (χ3n) is 4.90.